The topological polar surface area (TPSA) is 24.9 Å². The maximum Gasteiger partial charge on any atom is 0.129 e. The fraction of sp³-hybridized carbons (Fsp3) is 0.214. The van der Waals surface area contributed by atoms with Crippen LogP contribution in [0.2, 0.25) is 5.02 Å². The number of hydrogen-bond donors (Lipinski definition) is 1. The van der Waals surface area contributed by atoms with Crippen LogP contribution in [0.15, 0.2) is 42.7 Å². The Balaban J connectivity index is 2.29. The van der Waals surface area contributed by atoms with Crippen LogP contribution in [0.5, 0.6) is 0 Å². The highest BCUT2D eigenvalue weighted by atomic mass is 35.5. The minimum atomic E-state index is -0.286. The molecule has 0 bridgehead atoms. The summed E-state index contributed by atoms with van der Waals surface area (Å²) >= 11 is 6.07. The van der Waals surface area contributed by atoms with E-state index in [1.807, 2.05) is 12.1 Å². The van der Waals surface area contributed by atoms with Crippen molar-refractivity contribution in [2.75, 3.05) is 7.05 Å². The smallest absolute Gasteiger partial charge is 0.129 e. The molecule has 94 valence electrons. The minimum absolute atomic E-state index is 0.164. The zero-order valence-electron chi connectivity index (χ0n) is 10.0. The normalized spacial score (nSPS) is 12.4. The second kappa shape index (κ2) is 5.94. The van der Waals surface area contributed by atoms with Gasteiger partial charge in [0, 0.05) is 29.0 Å². The number of likely N-dealkylation sites (N-methyl/N-ethyl adjacent to an activating group) is 1. The van der Waals surface area contributed by atoms with Gasteiger partial charge in [-0.3, -0.25) is 4.98 Å². The molecule has 1 N–H and O–H groups in total. The molecule has 4 heteroatoms. The summed E-state index contributed by atoms with van der Waals surface area (Å²) in [4.78, 5) is 4.06. The van der Waals surface area contributed by atoms with Crippen molar-refractivity contribution in [1.29, 1.82) is 0 Å². The SMILES string of the molecule is CNC(Cc1cccnc1)c1c(F)cccc1Cl. The summed E-state index contributed by atoms with van der Waals surface area (Å²) in [5, 5.41) is 3.54. The van der Waals surface area contributed by atoms with E-state index in [4.69, 9.17) is 11.6 Å². The van der Waals surface area contributed by atoms with Gasteiger partial charge in [-0.25, -0.2) is 4.39 Å². The average Bonchev–Trinajstić information content (AvgIpc) is 2.38. The predicted octanol–water partition coefficient (Wildman–Crippen LogP) is 3.38. The Morgan fingerprint density at radius 2 is 2.17 bits per heavy atom. The summed E-state index contributed by atoms with van der Waals surface area (Å²) in [6.07, 6.45) is 4.14. The number of nitrogens with zero attached hydrogens (tertiary/aromatic N) is 1. The lowest BCUT2D eigenvalue weighted by Gasteiger charge is -2.18. The van der Waals surface area contributed by atoms with Gasteiger partial charge in [-0.15, -0.1) is 0 Å². The Hall–Kier alpha value is -1.45. The van der Waals surface area contributed by atoms with Crippen molar-refractivity contribution in [1.82, 2.24) is 10.3 Å². The Bertz CT molecular complexity index is 496. The van der Waals surface area contributed by atoms with E-state index in [2.05, 4.69) is 10.3 Å². The van der Waals surface area contributed by atoms with E-state index in [-0.39, 0.29) is 11.9 Å². The Morgan fingerprint density at radius 1 is 1.33 bits per heavy atom. The molecule has 18 heavy (non-hydrogen) atoms. The van der Waals surface area contributed by atoms with E-state index in [1.165, 1.54) is 6.07 Å². The van der Waals surface area contributed by atoms with Crippen molar-refractivity contribution in [2.24, 2.45) is 0 Å². The monoisotopic (exact) mass is 264 g/mol. The van der Waals surface area contributed by atoms with Gasteiger partial charge in [0.15, 0.2) is 0 Å². The summed E-state index contributed by atoms with van der Waals surface area (Å²) < 4.78 is 13.9. The zero-order chi connectivity index (χ0) is 13.0. The largest absolute Gasteiger partial charge is 0.313 e. The fourth-order valence-corrected chi connectivity index (χ4v) is 2.24. The second-order valence-electron chi connectivity index (χ2n) is 4.04. The number of hydrogen-bond acceptors (Lipinski definition) is 2. The second-order valence-corrected chi connectivity index (χ2v) is 4.45. The van der Waals surface area contributed by atoms with Crippen LogP contribution in [-0.4, -0.2) is 12.0 Å². The van der Waals surface area contributed by atoms with Crippen LogP contribution in [0.1, 0.15) is 17.2 Å². The molecular formula is C14H14ClFN2. The Kier molecular flexibility index (Phi) is 4.28. The molecule has 0 amide bonds. The average molecular weight is 265 g/mol. The Labute approximate surface area is 111 Å². The van der Waals surface area contributed by atoms with Crippen LogP contribution in [0, 0.1) is 5.82 Å². The van der Waals surface area contributed by atoms with Gasteiger partial charge in [0.25, 0.3) is 0 Å². The molecule has 0 aliphatic rings. The van der Waals surface area contributed by atoms with E-state index in [1.54, 1.807) is 31.6 Å². The molecule has 0 saturated heterocycles. The number of nitrogens with one attached hydrogen (secondary N) is 1. The first kappa shape index (κ1) is 13.0. The van der Waals surface area contributed by atoms with Crippen LogP contribution >= 0.6 is 11.6 Å². The van der Waals surface area contributed by atoms with Crippen molar-refractivity contribution >= 4 is 11.6 Å². The van der Waals surface area contributed by atoms with Gasteiger partial charge in [0.2, 0.25) is 0 Å². The molecule has 0 saturated carbocycles. The number of benzene rings is 1. The molecule has 1 unspecified atom stereocenters. The van der Waals surface area contributed by atoms with Gasteiger partial charge in [0.1, 0.15) is 5.82 Å². The number of aromatic nitrogens is 1. The summed E-state index contributed by atoms with van der Waals surface area (Å²) in [6.45, 7) is 0. The standard InChI is InChI=1S/C14H14ClFN2/c1-17-13(8-10-4-3-7-18-9-10)14-11(15)5-2-6-12(14)16/h2-7,9,13,17H,8H2,1H3. The van der Waals surface area contributed by atoms with E-state index < -0.39 is 0 Å². The van der Waals surface area contributed by atoms with Gasteiger partial charge in [-0.05, 0) is 37.2 Å². The molecule has 2 aromatic rings. The minimum Gasteiger partial charge on any atom is -0.313 e. The number of pyridine rings is 1. The molecule has 0 fully saturated rings. The molecule has 0 aliphatic carbocycles. The van der Waals surface area contributed by atoms with Gasteiger partial charge in [0.05, 0.1) is 0 Å². The molecular weight excluding hydrogens is 251 g/mol. The van der Waals surface area contributed by atoms with Crippen molar-refractivity contribution < 1.29 is 4.39 Å². The van der Waals surface area contributed by atoms with Crippen molar-refractivity contribution in [3.63, 3.8) is 0 Å². The van der Waals surface area contributed by atoms with E-state index in [0.29, 0.717) is 17.0 Å². The van der Waals surface area contributed by atoms with Crippen LogP contribution in [0.25, 0.3) is 0 Å². The van der Waals surface area contributed by atoms with Gasteiger partial charge in [-0.1, -0.05) is 23.7 Å². The maximum absolute atomic E-state index is 13.9. The lowest BCUT2D eigenvalue weighted by atomic mass is 9.99. The summed E-state index contributed by atoms with van der Waals surface area (Å²) in [5.74, 6) is -0.286. The maximum atomic E-state index is 13.9. The third kappa shape index (κ3) is 2.86. The van der Waals surface area contributed by atoms with Gasteiger partial charge >= 0.3 is 0 Å². The zero-order valence-corrected chi connectivity index (χ0v) is 10.8. The number of rotatable bonds is 4. The van der Waals surface area contributed by atoms with Crippen molar-refractivity contribution in [2.45, 2.75) is 12.5 Å². The Morgan fingerprint density at radius 3 is 2.78 bits per heavy atom. The summed E-state index contributed by atoms with van der Waals surface area (Å²) in [5.41, 5.74) is 1.54. The van der Waals surface area contributed by atoms with Crippen LogP contribution in [0.3, 0.4) is 0 Å². The first-order valence-corrected chi connectivity index (χ1v) is 6.10. The first-order chi connectivity index (χ1) is 8.72. The molecule has 2 nitrogen and oxygen atoms in total. The molecule has 0 spiro atoms. The highest BCUT2D eigenvalue weighted by Crippen LogP contribution is 2.27. The molecule has 1 atom stereocenters. The molecule has 1 aromatic carbocycles. The molecule has 0 radical (unpaired) electrons. The van der Waals surface area contributed by atoms with E-state index >= 15 is 0 Å². The summed E-state index contributed by atoms with van der Waals surface area (Å²) in [7, 11) is 1.80. The fourth-order valence-electron chi connectivity index (χ4n) is 1.95. The molecule has 0 aliphatic heterocycles. The molecule has 1 heterocycles. The van der Waals surface area contributed by atoms with Crippen LogP contribution in [-0.2, 0) is 6.42 Å². The van der Waals surface area contributed by atoms with E-state index in [0.717, 1.165) is 5.56 Å². The van der Waals surface area contributed by atoms with Crippen molar-refractivity contribution in [3.8, 4) is 0 Å². The number of halogens is 2. The van der Waals surface area contributed by atoms with E-state index in [9.17, 15) is 4.39 Å². The summed E-state index contributed by atoms with van der Waals surface area (Å²) in [6, 6.07) is 8.40. The molecule has 2 rings (SSSR count). The van der Waals surface area contributed by atoms with Crippen LogP contribution in [0.4, 0.5) is 4.39 Å². The molecule has 1 aromatic heterocycles. The third-order valence-corrected chi connectivity index (χ3v) is 3.19. The third-order valence-electron chi connectivity index (χ3n) is 2.86. The van der Waals surface area contributed by atoms with Crippen LogP contribution < -0.4 is 5.32 Å². The van der Waals surface area contributed by atoms with Gasteiger partial charge in [-0.2, -0.15) is 0 Å². The highest BCUT2D eigenvalue weighted by molar-refractivity contribution is 6.31. The lowest BCUT2D eigenvalue weighted by Crippen LogP contribution is -2.20. The quantitative estimate of drug-likeness (QED) is 0.916. The lowest BCUT2D eigenvalue weighted by molar-refractivity contribution is 0.534. The first-order valence-electron chi connectivity index (χ1n) is 5.72. The van der Waals surface area contributed by atoms with Crippen molar-refractivity contribution in [3.05, 3.63) is 64.7 Å². The predicted molar refractivity (Wildman–Crippen MR) is 71.2 cm³/mol. The highest BCUT2D eigenvalue weighted by Gasteiger charge is 2.17. The van der Waals surface area contributed by atoms with Gasteiger partial charge < -0.3 is 5.32 Å².